The monoisotopic (exact) mass is 313 g/mol. The van der Waals surface area contributed by atoms with E-state index in [9.17, 15) is 4.79 Å². The van der Waals surface area contributed by atoms with E-state index in [0.717, 1.165) is 38.2 Å². The summed E-state index contributed by atoms with van der Waals surface area (Å²) in [6.07, 6.45) is 4.23. The van der Waals surface area contributed by atoms with Crippen molar-refractivity contribution in [2.45, 2.75) is 32.2 Å². The van der Waals surface area contributed by atoms with Gasteiger partial charge in [0, 0.05) is 30.7 Å². The van der Waals surface area contributed by atoms with Gasteiger partial charge in [0.15, 0.2) is 0 Å². The number of nitrogens with one attached hydrogen (secondary N) is 1. The summed E-state index contributed by atoms with van der Waals surface area (Å²) in [6.45, 7) is 4.24. The van der Waals surface area contributed by atoms with Crippen LogP contribution in [0.15, 0.2) is 36.5 Å². The molecule has 1 aromatic heterocycles. The summed E-state index contributed by atoms with van der Waals surface area (Å²) in [5, 5.41) is 5.35. The van der Waals surface area contributed by atoms with E-state index in [2.05, 4.69) is 27.3 Å². The number of amides is 1. The van der Waals surface area contributed by atoms with Gasteiger partial charge in [0.2, 0.25) is 0 Å². The predicted molar refractivity (Wildman–Crippen MR) is 91.8 cm³/mol. The molecule has 0 radical (unpaired) electrons. The third-order valence-electron chi connectivity index (χ3n) is 4.21. The topological polar surface area (TPSA) is 54.5 Å². The lowest BCUT2D eigenvalue weighted by molar-refractivity contribution is 0.140. The SMILES string of the molecule is CCCOC(=O)NC1CCN(c2nccc3ccccc23)CC1. The van der Waals surface area contributed by atoms with Crippen molar-refractivity contribution in [2.24, 2.45) is 0 Å². The molecule has 0 aliphatic carbocycles. The number of rotatable bonds is 4. The lowest BCUT2D eigenvalue weighted by Crippen LogP contribution is -2.45. The van der Waals surface area contributed by atoms with Crippen LogP contribution in [-0.2, 0) is 4.74 Å². The zero-order valence-electron chi connectivity index (χ0n) is 13.5. The Hall–Kier alpha value is -2.30. The van der Waals surface area contributed by atoms with E-state index in [0.29, 0.717) is 6.61 Å². The predicted octanol–water partition coefficient (Wildman–Crippen LogP) is 3.34. The molecule has 0 saturated carbocycles. The summed E-state index contributed by atoms with van der Waals surface area (Å²) in [5.41, 5.74) is 0. The summed E-state index contributed by atoms with van der Waals surface area (Å²) >= 11 is 0. The fourth-order valence-corrected chi connectivity index (χ4v) is 2.99. The first-order chi connectivity index (χ1) is 11.3. The van der Waals surface area contributed by atoms with Gasteiger partial charge in [-0.25, -0.2) is 9.78 Å². The van der Waals surface area contributed by atoms with Crippen LogP contribution in [0.3, 0.4) is 0 Å². The highest BCUT2D eigenvalue weighted by atomic mass is 16.5. The average molecular weight is 313 g/mol. The second kappa shape index (κ2) is 7.31. The Kier molecular flexibility index (Phi) is 4.95. The minimum Gasteiger partial charge on any atom is -0.450 e. The molecule has 0 unspecified atom stereocenters. The molecule has 2 aromatic rings. The van der Waals surface area contributed by atoms with Crippen molar-refractivity contribution >= 4 is 22.7 Å². The second-order valence-corrected chi connectivity index (χ2v) is 5.90. The molecule has 0 atom stereocenters. The normalized spacial score (nSPS) is 15.6. The van der Waals surface area contributed by atoms with E-state index >= 15 is 0 Å². The number of anilines is 1. The number of hydrogen-bond acceptors (Lipinski definition) is 4. The molecule has 2 heterocycles. The van der Waals surface area contributed by atoms with Crippen LogP contribution in [-0.4, -0.2) is 36.8 Å². The Morgan fingerprint density at radius 3 is 2.87 bits per heavy atom. The van der Waals surface area contributed by atoms with E-state index in [1.165, 1.54) is 10.8 Å². The maximum Gasteiger partial charge on any atom is 0.407 e. The standard InChI is InChI=1S/C18H23N3O2/c1-2-13-23-18(22)20-15-8-11-21(12-9-15)17-16-6-4-3-5-14(16)7-10-19-17/h3-7,10,15H,2,8-9,11-13H2,1H3,(H,20,22). The molecular weight excluding hydrogens is 290 g/mol. The molecule has 1 aromatic carbocycles. The number of ether oxygens (including phenoxy) is 1. The molecule has 0 spiro atoms. The number of nitrogens with zero attached hydrogens (tertiary/aromatic N) is 2. The molecular formula is C18H23N3O2. The van der Waals surface area contributed by atoms with Crippen LogP contribution >= 0.6 is 0 Å². The fourth-order valence-electron chi connectivity index (χ4n) is 2.99. The maximum atomic E-state index is 11.6. The third-order valence-corrected chi connectivity index (χ3v) is 4.21. The molecule has 3 rings (SSSR count). The van der Waals surface area contributed by atoms with Crippen molar-refractivity contribution in [1.82, 2.24) is 10.3 Å². The Morgan fingerprint density at radius 1 is 1.30 bits per heavy atom. The van der Waals surface area contributed by atoms with Crippen molar-refractivity contribution in [3.63, 3.8) is 0 Å². The van der Waals surface area contributed by atoms with E-state index in [-0.39, 0.29) is 12.1 Å². The highest BCUT2D eigenvalue weighted by molar-refractivity contribution is 5.92. The Balaban J connectivity index is 1.61. The highest BCUT2D eigenvalue weighted by Gasteiger charge is 2.22. The molecule has 1 aliphatic rings. The molecule has 1 N–H and O–H groups in total. The summed E-state index contributed by atoms with van der Waals surface area (Å²) in [6, 6.07) is 10.5. The Bertz CT molecular complexity index is 661. The molecule has 5 nitrogen and oxygen atoms in total. The van der Waals surface area contributed by atoms with Gasteiger partial charge in [0.1, 0.15) is 5.82 Å². The van der Waals surface area contributed by atoms with Crippen molar-refractivity contribution in [3.8, 4) is 0 Å². The van der Waals surface area contributed by atoms with Crippen LogP contribution in [0.2, 0.25) is 0 Å². The van der Waals surface area contributed by atoms with Crippen LogP contribution in [0.1, 0.15) is 26.2 Å². The van der Waals surface area contributed by atoms with Crippen molar-refractivity contribution in [2.75, 3.05) is 24.6 Å². The van der Waals surface area contributed by atoms with E-state index in [4.69, 9.17) is 4.74 Å². The van der Waals surface area contributed by atoms with Gasteiger partial charge in [0.25, 0.3) is 0 Å². The fraction of sp³-hybridized carbons (Fsp3) is 0.444. The lowest BCUT2D eigenvalue weighted by Gasteiger charge is -2.33. The minimum atomic E-state index is -0.298. The molecule has 5 heteroatoms. The molecule has 1 saturated heterocycles. The number of aromatic nitrogens is 1. The van der Waals surface area contributed by atoms with E-state index < -0.39 is 0 Å². The number of alkyl carbamates (subject to hydrolysis) is 1. The van der Waals surface area contributed by atoms with Crippen LogP contribution < -0.4 is 10.2 Å². The molecule has 1 aliphatic heterocycles. The molecule has 122 valence electrons. The van der Waals surface area contributed by atoms with Gasteiger partial charge in [-0.05, 0) is 30.7 Å². The first-order valence-electron chi connectivity index (χ1n) is 8.30. The summed E-state index contributed by atoms with van der Waals surface area (Å²) < 4.78 is 5.09. The van der Waals surface area contributed by atoms with Gasteiger partial charge < -0.3 is 15.0 Å². The first kappa shape index (κ1) is 15.6. The molecule has 23 heavy (non-hydrogen) atoms. The molecule has 1 fully saturated rings. The first-order valence-corrected chi connectivity index (χ1v) is 8.30. The molecule has 0 bridgehead atoms. The maximum absolute atomic E-state index is 11.6. The second-order valence-electron chi connectivity index (χ2n) is 5.90. The number of piperidine rings is 1. The quantitative estimate of drug-likeness (QED) is 0.940. The number of benzene rings is 1. The zero-order chi connectivity index (χ0) is 16.1. The van der Waals surface area contributed by atoms with E-state index in [1.54, 1.807) is 0 Å². The van der Waals surface area contributed by atoms with Crippen molar-refractivity contribution in [1.29, 1.82) is 0 Å². The smallest absolute Gasteiger partial charge is 0.407 e. The number of fused-ring (bicyclic) bond motifs is 1. The number of carbonyl (C=O) groups is 1. The van der Waals surface area contributed by atoms with Crippen LogP contribution in [0.4, 0.5) is 10.6 Å². The van der Waals surface area contributed by atoms with Gasteiger partial charge in [-0.1, -0.05) is 31.2 Å². The third kappa shape index (κ3) is 3.73. The average Bonchev–Trinajstić information content (AvgIpc) is 2.60. The van der Waals surface area contributed by atoms with E-state index in [1.807, 2.05) is 31.3 Å². The summed E-state index contributed by atoms with van der Waals surface area (Å²) in [5.74, 6) is 1.04. The largest absolute Gasteiger partial charge is 0.450 e. The Labute approximate surface area is 136 Å². The van der Waals surface area contributed by atoms with Gasteiger partial charge >= 0.3 is 6.09 Å². The summed E-state index contributed by atoms with van der Waals surface area (Å²) in [4.78, 5) is 18.5. The van der Waals surface area contributed by atoms with Crippen molar-refractivity contribution in [3.05, 3.63) is 36.5 Å². The Morgan fingerprint density at radius 2 is 2.09 bits per heavy atom. The number of carbonyl (C=O) groups excluding carboxylic acids is 1. The van der Waals surface area contributed by atoms with Gasteiger partial charge in [-0.15, -0.1) is 0 Å². The molecule has 1 amide bonds. The zero-order valence-corrected chi connectivity index (χ0v) is 13.5. The minimum absolute atomic E-state index is 0.186. The van der Waals surface area contributed by atoms with Crippen LogP contribution in [0.25, 0.3) is 10.8 Å². The van der Waals surface area contributed by atoms with Crippen LogP contribution in [0, 0.1) is 0 Å². The van der Waals surface area contributed by atoms with Crippen LogP contribution in [0.5, 0.6) is 0 Å². The van der Waals surface area contributed by atoms with Gasteiger partial charge in [-0.3, -0.25) is 0 Å². The van der Waals surface area contributed by atoms with Crippen molar-refractivity contribution < 1.29 is 9.53 Å². The number of hydrogen-bond donors (Lipinski definition) is 1. The number of pyridine rings is 1. The highest BCUT2D eigenvalue weighted by Crippen LogP contribution is 2.26. The van der Waals surface area contributed by atoms with Gasteiger partial charge in [0.05, 0.1) is 6.61 Å². The van der Waals surface area contributed by atoms with Gasteiger partial charge in [-0.2, -0.15) is 0 Å². The lowest BCUT2D eigenvalue weighted by atomic mass is 10.0. The summed E-state index contributed by atoms with van der Waals surface area (Å²) in [7, 11) is 0.